The monoisotopic (exact) mass is 298 g/mol. The van der Waals surface area contributed by atoms with Gasteiger partial charge in [-0.3, -0.25) is 4.79 Å². The summed E-state index contributed by atoms with van der Waals surface area (Å²) in [5.41, 5.74) is 5.93. The Bertz CT molecular complexity index is 442. The van der Waals surface area contributed by atoms with E-state index in [1.54, 1.807) is 16.8 Å². The molecule has 21 heavy (non-hydrogen) atoms. The minimum atomic E-state index is -0.824. The first kappa shape index (κ1) is 15.6. The minimum Gasteiger partial charge on any atom is -0.467 e. The van der Waals surface area contributed by atoms with Crippen LogP contribution in [0.2, 0.25) is 0 Å². The number of carbonyl (C=O) groups excluding carboxylic acids is 3. The molecule has 3 N–H and O–H groups in total. The molecule has 0 aromatic carbocycles. The molecule has 3 atom stereocenters. The smallest absolute Gasteiger partial charge is 0.328 e. The maximum absolute atomic E-state index is 12.5. The van der Waals surface area contributed by atoms with Crippen molar-refractivity contribution in [1.82, 2.24) is 15.1 Å². The van der Waals surface area contributed by atoms with Gasteiger partial charge in [0.15, 0.2) is 0 Å². The van der Waals surface area contributed by atoms with Crippen LogP contribution in [0, 0.1) is 0 Å². The number of methoxy groups -OCH3 is 1. The van der Waals surface area contributed by atoms with Crippen molar-refractivity contribution < 1.29 is 19.1 Å². The molecule has 2 aliphatic rings. The van der Waals surface area contributed by atoms with Crippen LogP contribution in [0.3, 0.4) is 0 Å². The molecule has 8 nitrogen and oxygen atoms in total. The van der Waals surface area contributed by atoms with E-state index in [2.05, 4.69) is 5.32 Å². The van der Waals surface area contributed by atoms with Gasteiger partial charge in [0.1, 0.15) is 12.1 Å². The molecule has 2 fully saturated rings. The van der Waals surface area contributed by atoms with E-state index < -0.39 is 18.1 Å². The lowest BCUT2D eigenvalue weighted by Crippen LogP contribution is -2.59. The molecule has 0 aromatic rings. The Morgan fingerprint density at radius 3 is 2.67 bits per heavy atom. The SMILES string of the molecule is CNC(=O)N1CC[C@H]2CC[C@@H](C(=O)OC)N2C(=O)[C@@H](N)C1. The first-order valence-corrected chi connectivity index (χ1v) is 7.11. The first-order chi connectivity index (χ1) is 9.99. The van der Waals surface area contributed by atoms with Gasteiger partial charge < -0.3 is 25.6 Å². The van der Waals surface area contributed by atoms with Gasteiger partial charge in [-0.1, -0.05) is 0 Å². The third-order valence-electron chi connectivity index (χ3n) is 4.20. The molecule has 0 unspecified atom stereocenters. The largest absolute Gasteiger partial charge is 0.467 e. The normalized spacial score (nSPS) is 29.5. The molecule has 3 amide bonds. The summed E-state index contributed by atoms with van der Waals surface area (Å²) in [6.45, 7) is 0.658. The van der Waals surface area contributed by atoms with Gasteiger partial charge in [-0.25, -0.2) is 9.59 Å². The molecule has 2 saturated heterocycles. The summed E-state index contributed by atoms with van der Waals surface area (Å²) in [4.78, 5) is 39.2. The molecule has 0 bridgehead atoms. The fourth-order valence-corrected chi connectivity index (χ4v) is 3.11. The van der Waals surface area contributed by atoms with Gasteiger partial charge in [0.25, 0.3) is 0 Å². The topological polar surface area (TPSA) is 105 Å². The van der Waals surface area contributed by atoms with Crippen LogP contribution in [0.5, 0.6) is 0 Å². The molecule has 2 heterocycles. The van der Waals surface area contributed by atoms with Crippen LogP contribution in [0.4, 0.5) is 4.79 Å². The van der Waals surface area contributed by atoms with Crippen LogP contribution >= 0.6 is 0 Å². The molecular formula is C13H22N4O4. The number of urea groups is 1. The van der Waals surface area contributed by atoms with Crippen molar-refractivity contribution in [2.75, 3.05) is 27.2 Å². The Morgan fingerprint density at radius 1 is 1.33 bits per heavy atom. The second kappa shape index (κ2) is 6.30. The lowest BCUT2D eigenvalue weighted by Gasteiger charge is -2.36. The number of nitrogens with one attached hydrogen (secondary N) is 1. The van der Waals surface area contributed by atoms with E-state index in [0.717, 1.165) is 6.42 Å². The lowest BCUT2D eigenvalue weighted by molar-refractivity contribution is -0.153. The average molecular weight is 298 g/mol. The molecule has 8 heteroatoms. The fourth-order valence-electron chi connectivity index (χ4n) is 3.11. The molecule has 2 aliphatic heterocycles. The second-order valence-electron chi connectivity index (χ2n) is 5.41. The molecule has 0 aromatic heterocycles. The number of esters is 1. The first-order valence-electron chi connectivity index (χ1n) is 7.11. The Labute approximate surface area is 123 Å². The van der Waals surface area contributed by atoms with Gasteiger partial charge in [-0.2, -0.15) is 0 Å². The van der Waals surface area contributed by atoms with Gasteiger partial charge in [-0.15, -0.1) is 0 Å². The van der Waals surface area contributed by atoms with Gasteiger partial charge in [0, 0.05) is 26.2 Å². The van der Waals surface area contributed by atoms with Crippen molar-refractivity contribution in [3.8, 4) is 0 Å². The van der Waals surface area contributed by atoms with Crippen molar-refractivity contribution in [2.45, 2.75) is 37.4 Å². The predicted molar refractivity (Wildman–Crippen MR) is 74.3 cm³/mol. The summed E-state index contributed by atoms with van der Waals surface area (Å²) in [5, 5.41) is 2.55. The highest BCUT2D eigenvalue weighted by molar-refractivity contribution is 5.89. The highest BCUT2D eigenvalue weighted by atomic mass is 16.5. The summed E-state index contributed by atoms with van der Waals surface area (Å²) in [6, 6.07) is -1.69. The van der Waals surface area contributed by atoms with Crippen LogP contribution in [0.25, 0.3) is 0 Å². The Kier molecular flexibility index (Phi) is 4.66. The van der Waals surface area contributed by atoms with Crippen molar-refractivity contribution in [3.05, 3.63) is 0 Å². The Morgan fingerprint density at radius 2 is 2.05 bits per heavy atom. The zero-order valence-corrected chi connectivity index (χ0v) is 12.4. The molecule has 2 rings (SSSR count). The van der Waals surface area contributed by atoms with E-state index in [9.17, 15) is 14.4 Å². The van der Waals surface area contributed by atoms with E-state index in [1.165, 1.54) is 7.11 Å². The fraction of sp³-hybridized carbons (Fsp3) is 0.769. The van der Waals surface area contributed by atoms with Gasteiger partial charge in [0.05, 0.1) is 7.11 Å². The van der Waals surface area contributed by atoms with Crippen molar-refractivity contribution in [1.29, 1.82) is 0 Å². The van der Waals surface area contributed by atoms with E-state index in [-0.39, 0.29) is 24.5 Å². The summed E-state index contributed by atoms with van der Waals surface area (Å²) in [5.74, 6) is -0.691. The highest BCUT2D eigenvalue weighted by Gasteiger charge is 2.44. The van der Waals surface area contributed by atoms with Crippen molar-refractivity contribution >= 4 is 17.9 Å². The number of nitrogens with zero attached hydrogens (tertiary/aromatic N) is 2. The van der Waals surface area contributed by atoms with Crippen LogP contribution in [0.1, 0.15) is 19.3 Å². The maximum atomic E-state index is 12.5. The molecule has 0 radical (unpaired) electrons. The number of amides is 3. The number of nitrogens with two attached hydrogens (primary N) is 1. The molecule has 0 saturated carbocycles. The third-order valence-corrected chi connectivity index (χ3v) is 4.20. The third kappa shape index (κ3) is 2.94. The van der Waals surface area contributed by atoms with Gasteiger partial charge in [-0.05, 0) is 19.3 Å². The number of hydrogen-bond donors (Lipinski definition) is 2. The second-order valence-corrected chi connectivity index (χ2v) is 5.41. The number of fused-ring (bicyclic) bond motifs is 1. The quantitative estimate of drug-likeness (QED) is 0.597. The Balaban J connectivity index is 2.18. The van der Waals surface area contributed by atoms with Crippen LogP contribution in [-0.2, 0) is 14.3 Å². The number of rotatable bonds is 1. The molecule has 0 spiro atoms. The van der Waals surface area contributed by atoms with Crippen molar-refractivity contribution in [2.24, 2.45) is 5.73 Å². The van der Waals surface area contributed by atoms with E-state index in [1.807, 2.05) is 0 Å². The Hall–Kier alpha value is -1.83. The van der Waals surface area contributed by atoms with Crippen LogP contribution < -0.4 is 11.1 Å². The molecule has 0 aliphatic carbocycles. The van der Waals surface area contributed by atoms with Crippen LogP contribution in [0.15, 0.2) is 0 Å². The number of carbonyl (C=O) groups is 3. The van der Waals surface area contributed by atoms with E-state index in [0.29, 0.717) is 19.4 Å². The predicted octanol–water partition coefficient (Wildman–Crippen LogP) is -1.11. The summed E-state index contributed by atoms with van der Waals surface area (Å²) >= 11 is 0. The standard InChI is InChI=1S/C13H22N4O4/c1-15-13(20)16-6-5-8-3-4-10(12(19)21-2)17(8)11(18)9(14)7-16/h8-10H,3-7,14H2,1-2H3,(H,15,20)/t8-,9+,10+/m1/s1. The zero-order chi connectivity index (χ0) is 15.6. The number of hydrogen-bond acceptors (Lipinski definition) is 5. The minimum absolute atomic E-state index is 0.0693. The summed E-state index contributed by atoms with van der Waals surface area (Å²) in [7, 11) is 2.86. The summed E-state index contributed by atoms with van der Waals surface area (Å²) < 4.78 is 4.77. The van der Waals surface area contributed by atoms with Gasteiger partial charge >= 0.3 is 12.0 Å². The highest BCUT2D eigenvalue weighted by Crippen LogP contribution is 2.29. The molecular weight excluding hydrogens is 276 g/mol. The lowest BCUT2D eigenvalue weighted by atomic mass is 10.1. The van der Waals surface area contributed by atoms with Gasteiger partial charge in [0.2, 0.25) is 5.91 Å². The van der Waals surface area contributed by atoms with Crippen molar-refractivity contribution in [3.63, 3.8) is 0 Å². The van der Waals surface area contributed by atoms with E-state index >= 15 is 0 Å². The summed E-state index contributed by atoms with van der Waals surface area (Å²) in [6.07, 6.45) is 1.94. The number of ether oxygens (including phenoxy) is 1. The molecule has 118 valence electrons. The zero-order valence-electron chi connectivity index (χ0n) is 12.4. The maximum Gasteiger partial charge on any atom is 0.328 e. The van der Waals surface area contributed by atoms with E-state index in [4.69, 9.17) is 10.5 Å². The average Bonchev–Trinajstić information content (AvgIpc) is 2.90. The van der Waals surface area contributed by atoms with Crippen LogP contribution in [-0.4, -0.2) is 73.1 Å².